The highest BCUT2D eigenvalue weighted by molar-refractivity contribution is 6.00. The highest BCUT2D eigenvalue weighted by Crippen LogP contribution is 2.27. The second kappa shape index (κ2) is 14.3. The molecule has 0 fully saturated rings. The monoisotopic (exact) mass is 538 g/mol. The second-order valence-electron chi connectivity index (χ2n) is 10.7. The van der Waals surface area contributed by atoms with Crippen LogP contribution in [0.15, 0.2) is 48.5 Å². The number of alkyl carbamates (subject to hydrolysis) is 1. The second-order valence-corrected chi connectivity index (χ2v) is 10.7. The van der Waals surface area contributed by atoms with Crippen LogP contribution in [0.4, 0.5) is 10.5 Å². The van der Waals surface area contributed by atoms with Crippen LogP contribution >= 0.6 is 0 Å². The van der Waals surface area contributed by atoms with Gasteiger partial charge in [-0.15, -0.1) is 0 Å². The Kier molecular flexibility index (Phi) is 11.5. The number of nitrogens with one attached hydrogen (secondary N) is 2. The average Bonchev–Trinajstić information content (AvgIpc) is 2.82. The Bertz CT molecular complexity index is 1160. The van der Waals surface area contributed by atoms with Crippen molar-refractivity contribution in [2.45, 2.75) is 84.9 Å². The van der Waals surface area contributed by atoms with Gasteiger partial charge in [0.25, 0.3) is 5.91 Å². The van der Waals surface area contributed by atoms with E-state index in [1.165, 1.54) is 4.90 Å². The average molecular weight is 539 g/mol. The molecular formula is C30H42N4O5. The van der Waals surface area contributed by atoms with E-state index >= 15 is 0 Å². The van der Waals surface area contributed by atoms with Crippen molar-refractivity contribution < 1.29 is 23.9 Å². The Morgan fingerprint density at radius 3 is 2.28 bits per heavy atom. The number of amides is 4. The topological polar surface area (TPSA) is 131 Å². The summed E-state index contributed by atoms with van der Waals surface area (Å²) in [6.45, 7) is 11.1. The van der Waals surface area contributed by atoms with Crippen LogP contribution in [0.25, 0.3) is 0 Å². The lowest BCUT2D eigenvalue weighted by Gasteiger charge is -2.34. The minimum atomic E-state index is -1.31. The highest BCUT2D eigenvalue weighted by Gasteiger charge is 2.37. The van der Waals surface area contributed by atoms with Crippen molar-refractivity contribution in [1.29, 1.82) is 0 Å². The molecule has 4 amide bonds. The molecule has 0 bridgehead atoms. The fourth-order valence-corrected chi connectivity index (χ4v) is 4.18. The molecule has 0 aliphatic heterocycles. The standard InChI is InChI=1S/C30H42N4O5/c1-7-8-11-17-34(28(37)24(19-25(31)35)33-29(38)39-30(4,5)6)26(22-15-12-13-20(2)18-22)27(36)32-23-16-10-9-14-21(23)3/h9-10,12-16,18,24,26H,7-8,11,17,19H2,1-6H3,(H2,31,35)(H,32,36)(H,33,38). The molecule has 0 radical (unpaired) electrons. The first-order chi connectivity index (χ1) is 18.3. The number of carbonyl (C=O) groups is 4. The van der Waals surface area contributed by atoms with Crippen molar-refractivity contribution in [2.75, 3.05) is 11.9 Å². The van der Waals surface area contributed by atoms with Crippen molar-refractivity contribution in [3.63, 3.8) is 0 Å². The molecule has 39 heavy (non-hydrogen) atoms. The first kappa shape index (κ1) is 31.3. The molecule has 2 rings (SSSR count). The van der Waals surface area contributed by atoms with Crippen molar-refractivity contribution >= 4 is 29.5 Å². The Morgan fingerprint density at radius 1 is 1.00 bits per heavy atom. The van der Waals surface area contributed by atoms with Crippen LogP contribution in [0, 0.1) is 13.8 Å². The molecule has 9 nitrogen and oxygen atoms in total. The zero-order valence-corrected chi connectivity index (χ0v) is 23.9. The normalized spacial score (nSPS) is 12.7. The molecule has 2 aromatic rings. The third-order valence-corrected chi connectivity index (χ3v) is 6.00. The van der Waals surface area contributed by atoms with E-state index in [9.17, 15) is 19.2 Å². The number of hydrogen-bond acceptors (Lipinski definition) is 5. The molecule has 2 aromatic carbocycles. The van der Waals surface area contributed by atoms with E-state index < -0.39 is 47.9 Å². The Morgan fingerprint density at radius 2 is 1.69 bits per heavy atom. The zero-order chi connectivity index (χ0) is 29.2. The van der Waals surface area contributed by atoms with Gasteiger partial charge in [-0.3, -0.25) is 14.4 Å². The van der Waals surface area contributed by atoms with Crippen LogP contribution in [0.1, 0.15) is 76.1 Å². The number of rotatable bonds is 12. The third-order valence-electron chi connectivity index (χ3n) is 6.00. The molecule has 4 N–H and O–H groups in total. The van der Waals surface area contributed by atoms with Gasteiger partial charge in [0.15, 0.2) is 0 Å². The summed E-state index contributed by atoms with van der Waals surface area (Å²) in [5.74, 6) is -1.77. The molecule has 212 valence electrons. The number of benzene rings is 2. The zero-order valence-electron chi connectivity index (χ0n) is 23.9. The van der Waals surface area contributed by atoms with E-state index in [1.807, 2.05) is 57.2 Å². The van der Waals surface area contributed by atoms with Crippen LogP contribution < -0.4 is 16.4 Å². The van der Waals surface area contributed by atoms with Gasteiger partial charge in [0, 0.05) is 12.2 Å². The molecule has 0 aliphatic carbocycles. The molecule has 0 spiro atoms. The molecule has 0 aliphatic rings. The number of primary amides is 1. The maximum atomic E-state index is 14.1. The van der Waals surface area contributed by atoms with Gasteiger partial charge in [0.2, 0.25) is 11.8 Å². The largest absolute Gasteiger partial charge is 0.444 e. The molecule has 2 atom stereocenters. The quantitative estimate of drug-likeness (QED) is 0.335. The van der Waals surface area contributed by atoms with Gasteiger partial charge in [0.1, 0.15) is 17.7 Å². The Labute approximate surface area is 231 Å². The first-order valence-electron chi connectivity index (χ1n) is 13.3. The van der Waals surface area contributed by atoms with E-state index in [0.29, 0.717) is 17.7 Å². The van der Waals surface area contributed by atoms with Gasteiger partial charge in [0.05, 0.1) is 6.42 Å². The van der Waals surface area contributed by atoms with Crippen molar-refractivity contribution in [1.82, 2.24) is 10.2 Å². The number of aryl methyl sites for hydroxylation is 2. The van der Waals surface area contributed by atoms with Gasteiger partial charge in [-0.2, -0.15) is 0 Å². The maximum absolute atomic E-state index is 14.1. The van der Waals surface area contributed by atoms with E-state index in [2.05, 4.69) is 10.6 Å². The van der Waals surface area contributed by atoms with Crippen LogP contribution in [0.2, 0.25) is 0 Å². The van der Waals surface area contributed by atoms with Gasteiger partial charge in [-0.1, -0.05) is 67.8 Å². The molecule has 0 aromatic heterocycles. The number of nitrogens with zero attached hydrogens (tertiary/aromatic N) is 1. The maximum Gasteiger partial charge on any atom is 0.408 e. The number of ether oxygens (including phenoxy) is 1. The smallest absolute Gasteiger partial charge is 0.408 e. The number of hydrogen-bond donors (Lipinski definition) is 3. The molecule has 9 heteroatoms. The number of anilines is 1. The summed E-state index contributed by atoms with van der Waals surface area (Å²) in [5, 5.41) is 5.48. The van der Waals surface area contributed by atoms with Crippen molar-refractivity contribution in [3.8, 4) is 0 Å². The molecular weight excluding hydrogens is 496 g/mol. The number of nitrogens with two attached hydrogens (primary N) is 1. The van der Waals surface area contributed by atoms with E-state index in [0.717, 1.165) is 24.0 Å². The number of para-hydroxylation sites is 1. The fraction of sp³-hybridized carbons (Fsp3) is 0.467. The van der Waals surface area contributed by atoms with Crippen LogP contribution in [0.3, 0.4) is 0 Å². The summed E-state index contributed by atoms with van der Waals surface area (Å²) >= 11 is 0. The minimum Gasteiger partial charge on any atom is -0.444 e. The SMILES string of the molecule is CCCCCN(C(=O)C(CC(N)=O)NC(=O)OC(C)(C)C)C(C(=O)Nc1ccccc1C)c1cccc(C)c1. The fourth-order valence-electron chi connectivity index (χ4n) is 4.18. The molecule has 0 saturated heterocycles. The summed E-state index contributed by atoms with van der Waals surface area (Å²) in [6.07, 6.45) is 1.05. The Balaban J connectivity index is 2.55. The molecule has 0 saturated carbocycles. The van der Waals surface area contributed by atoms with Crippen LogP contribution in [-0.4, -0.2) is 46.9 Å². The number of carbonyl (C=O) groups excluding carboxylic acids is 4. The van der Waals surface area contributed by atoms with Gasteiger partial charge in [-0.25, -0.2) is 4.79 Å². The third kappa shape index (κ3) is 10.1. The van der Waals surface area contributed by atoms with Crippen molar-refractivity contribution in [2.24, 2.45) is 5.73 Å². The predicted molar refractivity (Wildman–Crippen MR) is 152 cm³/mol. The first-order valence-corrected chi connectivity index (χ1v) is 13.3. The summed E-state index contributed by atoms with van der Waals surface area (Å²) in [7, 11) is 0. The number of unbranched alkanes of at least 4 members (excludes halogenated alkanes) is 2. The summed E-state index contributed by atoms with van der Waals surface area (Å²) in [6, 6.07) is 12.4. The predicted octanol–water partition coefficient (Wildman–Crippen LogP) is 4.77. The molecule has 0 heterocycles. The summed E-state index contributed by atoms with van der Waals surface area (Å²) in [5.41, 5.74) is 7.67. The lowest BCUT2D eigenvalue weighted by molar-refractivity contribution is -0.142. The molecule has 2 unspecified atom stereocenters. The van der Waals surface area contributed by atoms with Crippen molar-refractivity contribution in [3.05, 3.63) is 65.2 Å². The summed E-state index contributed by atoms with van der Waals surface area (Å²) < 4.78 is 5.33. The van der Waals surface area contributed by atoms with E-state index in [-0.39, 0.29) is 6.54 Å². The van der Waals surface area contributed by atoms with Gasteiger partial charge < -0.3 is 26.0 Å². The highest BCUT2D eigenvalue weighted by atomic mass is 16.6. The minimum absolute atomic E-state index is 0.234. The van der Waals surface area contributed by atoms with Gasteiger partial charge >= 0.3 is 6.09 Å². The van der Waals surface area contributed by atoms with Crippen LogP contribution in [0.5, 0.6) is 0 Å². The van der Waals surface area contributed by atoms with Gasteiger partial charge in [-0.05, 0) is 58.2 Å². The van der Waals surface area contributed by atoms with Crippen LogP contribution in [-0.2, 0) is 19.1 Å². The summed E-state index contributed by atoms with van der Waals surface area (Å²) in [4.78, 5) is 53.9. The Hall–Kier alpha value is -3.88. The van der Waals surface area contributed by atoms with E-state index in [1.54, 1.807) is 32.9 Å². The van der Waals surface area contributed by atoms with E-state index in [4.69, 9.17) is 10.5 Å². The lowest BCUT2D eigenvalue weighted by Crippen LogP contribution is -2.53. The lowest BCUT2D eigenvalue weighted by atomic mass is 9.99.